The van der Waals surface area contributed by atoms with Crippen LogP contribution in [0.5, 0.6) is 0 Å². The second-order valence-corrected chi connectivity index (χ2v) is 5.19. The average molecular weight is 297 g/mol. The minimum atomic E-state index is 1.02. The Kier molecular flexibility index (Phi) is 5.53. The first-order valence-electron chi connectivity index (χ1n) is 7.73. The molecular weight excluding hydrogens is 272 g/mol. The topological polar surface area (TPSA) is 22.7 Å². The van der Waals surface area contributed by atoms with Crippen molar-refractivity contribution in [3.63, 3.8) is 0 Å². The number of rotatable bonds is 6. The van der Waals surface area contributed by atoms with Crippen molar-refractivity contribution < 1.29 is 4.57 Å². The molecule has 0 spiro atoms. The second kappa shape index (κ2) is 7.59. The van der Waals surface area contributed by atoms with Crippen LogP contribution in [-0.2, 0) is 7.05 Å². The maximum atomic E-state index is 4.51. The maximum Gasteiger partial charge on any atom is 0.225 e. The molecule has 0 unspecified atom stereocenters. The van der Waals surface area contributed by atoms with Gasteiger partial charge in [0.2, 0.25) is 5.69 Å². The second-order valence-electron chi connectivity index (χ2n) is 5.19. The molecule has 4 nitrogen and oxygen atoms in total. The molecular formula is C18H25N4+. The Balaban J connectivity index is 2.10. The van der Waals surface area contributed by atoms with E-state index in [0.717, 1.165) is 24.5 Å². The normalized spacial score (nSPS) is 10.9. The van der Waals surface area contributed by atoms with Gasteiger partial charge in [0.05, 0.1) is 5.69 Å². The number of hydrazone groups is 1. The van der Waals surface area contributed by atoms with E-state index >= 15 is 0 Å². The van der Waals surface area contributed by atoms with Gasteiger partial charge >= 0.3 is 0 Å². The number of benzene rings is 1. The van der Waals surface area contributed by atoms with Crippen LogP contribution in [0.2, 0.25) is 0 Å². The Morgan fingerprint density at radius 3 is 2.23 bits per heavy atom. The van der Waals surface area contributed by atoms with Gasteiger partial charge in [0.1, 0.15) is 13.3 Å². The predicted octanol–water partition coefficient (Wildman–Crippen LogP) is 2.83. The van der Waals surface area contributed by atoms with Crippen molar-refractivity contribution in [1.82, 2.24) is 0 Å². The van der Waals surface area contributed by atoms with Crippen LogP contribution in [0.25, 0.3) is 0 Å². The highest BCUT2D eigenvalue weighted by Crippen LogP contribution is 2.20. The van der Waals surface area contributed by atoms with Crippen molar-refractivity contribution in [3.05, 3.63) is 54.4 Å². The van der Waals surface area contributed by atoms with E-state index in [2.05, 4.69) is 48.1 Å². The number of aromatic nitrogens is 1. The van der Waals surface area contributed by atoms with Gasteiger partial charge in [0.25, 0.3) is 0 Å². The van der Waals surface area contributed by atoms with Crippen LogP contribution in [0.4, 0.5) is 11.4 Å². The van der Waals surface area contributed by atoms with Crippen LogP contribution in [0.3, 0.4) is 0 Å². The van der Waals surface area contributed by atoms with E-state index < -0.39 is 0 Å². The largest absolute Gasteiger partial charge is 0.372 e. The summed E-state index contributed by atoms with van der Waals surface area (Å²) >= 11 is 0. The Hall–Kier alpha value is -2.36. The fourth-order valence-electron chi connectivity index (χ4n) is 2.35. The molecule has 116 valence electrons. The molecule has 0 aliphatic carbocycles. The molecule has 0 saturated heterocycles. The number of aryl methyl sites for hydroxylation is 1. The fourth-order valence-corrected chi connectivity index (χ4v) is 2.35. The molecule has 0 bridgehead atoms. The highest BCUT2D eigenvalue weighted by Gasteiger charge is 2.04. The molecule has 1 heterocycles. The van der Waals surface area contributed by atoms with Gasteiger partial charge in [-0.05, 0) is 44.2 Å². The third-order valence-electron chi connectivity index (χ3n) is 3.81. The van der Waals surface area contributed by atoms with Gasteiger partial charge in [-0.1, -0.05) is 0 Å². The summed E-state index contributed by atoms with van der Waals surface area (Å²) in [6, 6.07) is 14.6. The minimum Gasteiger partial charge on any atom is -0.372 e. The zero-order valence-electron chi connectivity index (χ0n) is 13.9. The summed E-state index contributed by atoms with van der Waals surface area (Å²) in [7, 11) is 3.98. The minimum absolute atomic E-state index is 1.02. The standard InChI is InChI=1S/C18H25N4/c1-5-22(6-2)17-12-10-16(11-13-17)21(4)19-15-18-9-7-8-14-20(18)3/h7-15H,5-6H2,1-4H3/q+1. The third kappa shape index (κ3) is 3.85. The van der Waals surface area contributed by atoms with Crippen molar-refractivity contribution >= 4 is 17.6 Å². The van der Waals surface area contributed by atoms with E-state index in [1.54, 1.807) is 0 Å². The quantitative estimate of drug-likeness (QED) is 0.465. The zero-order valence-corrected chi connectivity index (χ0v) is 13.9. The number of pyridine rings is 1. The van der Waals surface area contributed by atoms with Gasteiger partial charge in [-0.2, -0.15) is 5.10 Å². The van der Waals surface area contributed by atoms with Crippen molar-refractivity contribution in [3.8, 4) is 0 Å². The summed E-state index contributed by atoms with van der Waals surface area (Å²) < 4.78 is 2.04. The molecule has 0 radical (unpaired) electrons. The molecule has 0 aliphatic heterocycles. The van der Waals surface area contributed by atoms with E-state index in [1.165, 1.54) is 5.69 Å². The van der Waals surface area contributed by atoms with Crippen LogP contribution in [0, 0.1) is 0 Å². The smallest absolute Gasteiger partial charge is 0.225 e. The summed E-state index contributed by atoms with van der Waals surface area (Å²) in [5, 5.41) is 6.40. The molecule has 22 heavy (non-hydrogen) atoms. The van der Waals surface area contributed by atoms with Crippen LogP contribution >= 0.6 is 0 Å². The molecule has 0 amide bonds. The average Bonchev–Trinajstić information content (AvgIpc) is 2.55. The summed E-state index contributed by atoms with van der Waals surface area (Å²) in [5.74, 6) is 0. The zero-order chi connectivity index (χ0) is 15.9. The molecule has 1 aromatic carbocycles. The van der Waals surface area contributed by atoms with Gasteiger partial charge < -0.3 is 4.90 Å². The van der Waals surface area contributed by atoms with Crippen LogP contribution in [0.1, 0.15) is 19.5 Å². The highest BCUT2D eigenvalue weighted by atomic mass is 15.4. The maximum absolute atomic E-state index is 4.51. The van der Waals surface area contributed by atoms with Gasteiger partial charge in [-0.15, -0.1) is 0 Å². The molecule has 0 aliphatic rings. The lowest BCUT2D eigenvalue weighted by Crippen LogP contribution is -2.32. The van der Waals surface area contributed by atoms with Crippen molar-refractivity contribution in [2.24, 2.45) is 12.1 Å². The lowest BCUT2D eigenvalue weighted by molar-refractivity contribution is -0.672. The van der Waals surface area contributed by atoms with E-state index in [1.807, 2.05) is 54.3 Å². The molecule has 0 atom stereocenters. The molecule has 4 heteroatoms. The number of hydrogen-bond donors (Lipinski definition) is 0. The van der Waals surface area contributed by atoms with Crippen LogP contribution in [-0.4, -0.2) is 26.4 Å². The van der Waals surface area contributed by atoms with Gasteiger partial charge in [0, 0.05) is 38.0 Å². The summed E-state index contributed by atoms with van der Waals surface area (Å²) in [6.45, 7) is 6.39. The molecule has 0 saturated carbocycles. The molecule has 2 rings (SSSR count). The van der Waals surface area contributed by atoms with Crippen molar-refractivity contribution in [2.45, 2.75) is 13.8 Å². The Morgan fingerprint density at radius 1 is 1.00 bits per heavy atom. The molecule has 0 N–H and O–H groups in total. The van der Waals surface area contributed by atoms with E-state index in [0.29, 0.717) is 0 Å². The highest BCUT2D eigenvalue weighted by molar-refractivity contribution is 5.76. The monoisotopic (exact) mass is 297 g/mol. The number of anilines is 2. The first-order valence-corrected chi connectivity index (χ1v) is 7.73. The Labute approximate surface area is 133 Å². The van der Waals surface area contributed by atoms with Crippen molar-refractivity contribution in [1.29, 1.82) is 0 Å². The van der Waals surface area contributed by atoms with Gasteiger partial charge in [0.15, 0.2) is 6.20 Å². The SMILES string of the molecule is CCN(CC)c1ccc(N(C)N=Cc2cccc[n+]2C)cc1. The Bertz CT molecular complexity index is 615. The van der Waals surface area contributed by atoms with E-state index in [-0.39, 0.29) is 0 Å². The van der Waals surface area contributed by atoms with Gasteiger partial charge in [-0.25, -0.2) is 4.57 Å². The lowest BCUT2D eigenvalue weighted by Gasteiger charge is -2.22. The van der Waals surface area contributed by atoms with Crippen molar-refractivity contribution in [2.75, 3.05) is 30.0 Å². The first kappa shape index (κ1) is 16.0. The molecule has 2 aromatic rings. The molecule has 1 aromatic heterocycles. The number of nitrogens with zero attached hydrogens (tertiary/aromatic N) is 4. The van der Waals surface area contributed by atoms with Crippen LogP contribution < -0.4 is 14.5 Å². The summed E-state index contributed by atoms with van der Waals surface area (Å²) in [6.07, 6.45) is 3.89. The first-order chi connectivity index (χ1) is 10.7. The van der Waals surface area contributed by atoms with Gasteiger partial charge in [-0.3, -0.25) is 5.01 Å². The van der Waals surface area contributed by atoms with E-state index in [4.69, 9.17) is 0 Å². The van der Waals surface area contributed by atoms with E-state index in [9.17, 15) is 0 Å². The summed E-state index contributed by atoms with van der Waals surface area (Å²) in [5.41, 5.74) is 3.39. The number of hydrogen-bond acceptors (Lipinski definition) is 3. The third-order valence-corrected chi connectivity index (χ3v) is 3.81. The Morgan fingerprint density at radius 2 is 1.64 bits per heavy atom. The predicted molar refractivity (Wildman–Crippen MR) is 93.6 cm³/mol. The lowest BCUT2D eigenvalue weighted by atomic mass is 10.2. The molecule has 0 fully saturated rings. The fraction of sp³-hybridized carbons (Fsp3) is 0.333. The van der Waals surface area contributed by atoms with Crippen LogP contribution in [0.15, 0.2) is 53.8 Å². The summed E-state index contributed by atoms with van der Waals surface area (Å²) in [4.78, 5) is 2.33.